The number of hydrogen-bond acceptors (Lipinski definition) is 11. The molecule has 64 heavy (non-hydrogen) atoms. The van der Waals surface area contributed by atoms with E-state index in [1.807, 2.05) is 12.1 Å². The van der Waals surface area contributed by atoms with Gasteiger partial charge >= 0.3 is 0 Å². The third-order valence-corrected chi connectivity index (χ3v) is 12.6. The topological polar surface area (TPSA) is 177 Å². The molecule has 0 spiro atoms. The van der Waals surface area contributed by atoms with E-state index in [0.717, 1.165) is 36.8 Å². The molecule has 1 fully saturated rings. The summed E-state index contributed by atoms with van der Waals surface area (Å²) >= 11 is 0. The summed E-state index contributed by atoms with van der Waals surface area (Å²) in [5, 5.41) is 45.4. The lowest BCUT2D eigenvalue weighted by atomic mass is 9.55. The van der Waals surface area contributed by atoms with Crippen LogP contribution < -0.4 is 9.47 Å². The maximum Gasteiger partial charge on any atom is 0.269 e. The lowest BCUT2D eigenvalue weighted by molar-refractivity contribution is -0.384. The summed E-state index contributed by atoms with van der Waals surface area (Å²) in [5.41, 5.74) is 4.02. The number of halogens is 1. The van der Waals surface area contributed by atoms with Crippen molar-refractivity contribution < 1.29 is 43.4 Å². The number of non-ortho nitro benzene ring substituents is 1. The van der Waals surface area contributed by atoms with E-state index in [2.05, 4.69) is 18.7 Å². The average Bonchev–Trinajstić information content (AvgIpc) is 3.31. The van der Waals surface area contributed by atoms with Crippen molar-refractivity contribution >= 4 is 17.3 Å². The van der Waals surface area contributed by atoms with Crippen molar-refractivity contribution in [1.82, 2.24) is 4.90 Å². The number of aliphatic hydroxyl groups excluding tert-OH is 2. The van der Waals surface area contributed by atoms with Crippen LogP contribution in [0.15, 0.2) is 120 Å². The normalized spacial score (nSPS) is 22.5. The second kappa shape index (κ2) is 20.9. The zero-order valence-electron chi connectivity index (χ0n) is 35.8. The average molecular weight is 873 g/mol. The molecule has 3 aliphatic rings. The fourth-order valence-electron chi connectivity index (χ4n) is 9.53. The highest BCUT2D eigenvalue weighted by Gasteiger charge is 2.65. The van der Waals surface area contributed by atoms with E-state index in [9.17, 15) is 34.8 Å². The highest BCUT2D eigenvalue weighted by atomic mass is 19.1. The van der Waals surface area contributed by atoms with Gasteiger partial charge < -0.3 is 34.2 Å². The van der Waals surface area contributed by atoms with E-state index in [1.165, 1.54) is 18.2 Å². The number of nitrogens with zero attached hydrogens (tertiary/aromatic N) is 4. The minimum Gasteiger partial charge on any atom is -0.489 e. The minimum absolute atomic E-state index is 0.00507. The molecule has 1 heterocycles. The molecule has 14 heteroatoms. The van der Waals surface area contributed by atoms with E-state index >= 15 is 0 Å². The number of amides is 1. The molecule has 0 aromatic heterocycles. The predicted molar refractivity (Wildman–Crippen MR) is 237 cm³/mol. The number of nitriles is 1. The van der Waals surface area contributed by atoms with Crippen LogP contribution in [-0.4, -0.2) is 70.4 Å². The first-order valence-electron chi connectivity index (χ1n) is 21.7. The number of oxime groups is 1. The summed E-state index contributed by atoms with van der Waals surface area (Å²) in [6.07, 6.45) is 8.16. The Morgan fingerprint density at radius 2 is 1.77 bits per heavy atom. The van der Waals surface area contributed by atoms with Gasteiger partial charge in [-0.3, -0.25) is 14.9 Å². The van der Waals surface area contributed by atoms with Crippen LogP contribution in [0.1, 0.15) is 83.5 Å². The van der Waals surface area contributed by atoms with Crippen LogP contribution in [0.25, 0.3) is 0 Å². The molecule has 0 bridgehead atoms. The number of rotatable bonds is 20. The molecular formula is C50H53FN4O9. The fraction of sp³-hybridized carbons (Fsp3) is 0.380. The van der Waals surface area contributed by atoms with Crippen LogP contribution in [0.5, 0.6) is 11.5 Å². The second-order valence-corrected chi connectivity index (χ2v) is 16.5. The number of unbranched alkanes of at least 4 members (excludes halogenated alkanes) is 2. The van der Waals surface area contributed by atoms with E-state index in [0.29, 0.717) is 52.3 Å². The Morgan fingerprint density at radius 1 is 1.03 bits per heavy atom. The van der Waals surface area contributed by atoms with Crippen LogP contribution in [0.3, 0.4) is 0 Å². The van der Waals surface area contributed by atoms with Crippen LogP contribution in [0.2, 0.25) is 0 Å². The molecular weight excluding hydrogens is 820 g/mol. The number of nitro benzene ring substituents is 1. The Morgan fingerprint density at radius 3 is 2.45 bits per heavy atom. The summed E-state index contributed by atoms with van der Waals surface area (Å²) in [4.78, 5) is 33.2. The number of likely N-dealkylation sites (N-methyl/N-ethyl adjacent to an activating group) is 1. The SMILES string of the molecule is C=CCO[C@@]12Oc3ccc(OCc4ccccc4F)cc3[C@H]3[C@H](CCCCO)[C@@H](CCCCO)C=C(C(=NOCc4ccc([N+](=O)[O-])cc4)C[C@@H]1N(C)C(=O)c1ccc(C#N)cc1)[C@H]32. The fourth-order valence-corrected chi connectivity index (χ4v) is 9.53. The molecule has 4 aromatic carbocycles. The predicted octanol–water partition coefficient (Wildman–Crippen LogP) is 8.79. The van der Waals surface area contributed by atoms with Crippen molar-refractivity contribution in [3.05, 3.63) is 159 Å². The lowest BCUT2D eigenvalue weighted by Gasteiger charge is -2.59. The van der Waals surface area contributed by atoms with Crippen LogP contribution >= 0.6 is 0 Å². The molecule has 0 unspecified atom stereocenters. The van der Waals surface area contributed by atoms with Gasteiger partial charge in [-0.1, -0.05) is 48.3 Å². The lowest BCUT2D eigenvalue weighted by Crippen LogP contribution is -2.69. The molecule has 7 rings (SSSR count). The summed E-state index contributed by atoms with van der Waals surface area (Å²) in [7, 11) is 1.70. The minimum atomic E-state index is -1.51. The number of hydrogen-bond donors (Lipinski definition) is 2. The van der Waals surface area contributed by atoms with Crippen LogP contribution in [0, 0.1) is 45.0 Å². The molecule has 1 aliphatic heterocycles. The van der Waals surface area contributed by atoms with Crippen molar-refractivity contribution in [3.8, 4) is 17.6 Å². The quantitative estimate of drug-likeness (QED) is 0.0378. The van der Waals surface area contributed by atoms with Gasteiger partial charge in [0.2, 0.25) is 5.79 Å². The summed E-state index contributed by atoms with van der Waals surface area (Å²) < 4.78 is 35.2. The maximum atomic E-state index is 14.8. The Bertz CT molecular complexity index is 2400. The van der Waals surface area contributed by atoms with Crippen LogP contribution in [0.4, 0.5) is 10.1 Å². The van der Waals surface area contributed by atoms with Gasteiger partial charge in [0.15, 0.2) is 0 Å². The molecule has 1 amide bonds. The number of aliphatic hydroxyl groups is 2. The number of carbonyl (C=O) groups excluding carboxylic acids is 1. The molecule has 13 nitrogen and oxygen atoms in total. The van der Waals surface area contributed by atoms with Gasteiger partial charge in [-0.2, -0.15) is 5.26 Å². The summed E-state index contributed by atoms with van der Waals surface area (Å²) in [5.74, 6) is -2.17. The number of nitro groups is 1. The zero-order valence-corrected chi connectivity index (χ0v) is 35.8. The largest absolute Gasteiger partial charge is 0.489 e. The van der Waals surface area contributed by atoms with E-state index in [-0.39, 0.29) is 74.6 Å². The van der Waals surface area contributed by atoms with Gasteiger partial charge in [0.25, 0.3) is 11.6 Å². The number of ether oxygens (including phenoxy) is 3. The molecule has 1 saturated carbocycles. The first-order valence-corrected chi connectivity index (χ1v) is 21.7. The third kappa shape index (κ3) is 9.72. The molecule has 2 aliphatic carbocycles. The van der Waals surface area contributed by atoms with Gasteiger partial charge in [-0.05, 0) is 109 Å². The first-order chi connectivity index (χ1) is 31.1. The standard InChI is InChI=1S/C50H53FN4O9/c1-3-26-62-50-46(54(2)49(58)35-18-14-33(30-52)15-19-35)29-44(53-63-31-34-16-20-38(21-17-34)55(59)60)41-27-36(10-6-8-24-56)40(12-7-9-25-57)47(48(41)50)42-28-39(22-23-45(42)64-50)61-32-37-11-4-5-13-43(37)51/h3-5,11,13-23,27-28,36,40,46-48,56-57H,1,6-10,12,24-26,29,31-32H2,2H3/t36-,40+,46-,47+,48+,50+/m0/s1. The number of benzene rings is 4. The van der Waals surface area contributed by atoms with Gasteiger partial charge in [0, 0.05) is 61.4 Å². The smallest absolute Gasteiger partial charge is 0.269 e. The number of fused-ring (bicyclic) bond motifs is 2. The Balaban J connectivity index is 1.39. The first kappa shape index (κ1) is 45.6. The zero-order chi connectivity index (χ0) is 45.2. The van der Waals surface area contributed by atoms with Gasteiger partial charge in [-0.25, -0.2) is 4.39 Å². The molecule has 0 saturated heterocycles. The Hall–Kier alpha value is -6.40. The molecule has 0 radical (unpaired) electrons. The van der Waals surface area contributed by atoms with E-state index in [1.54, 1.807) is 78.7 Å². The van der Waals surface area contributed by atoms with E-state index in [4.69, 9.17) is 24.2 Å². The maximum absolute atomic E-state index is 14.8. The third-order valence-electron chi connectivity index (χ3n) is 12.6. The molecule has 6 atom stereocenters. The Labute approximate surface area is 372 Å². The van der Waals surface area contributed by atoms with Crippen LogP contribution in [-0.2, 0) is 22.8 Å². The highest BCUT2D eigenvalue weighted by molar-refractivity contribution is 6.03. The molecule has 334 valence electrons. The highest BCUT2D eigenvalue weighted by Crippen LogP contribution is 2.62. The van der Waals surface area contributed by atoms with Crippen molar-refractivity contribution in [3.63, 3.8) is 0 Å². The van der Waals surface area contributed by atoms with E-state index < -0.39 is 22.7 Å². The molecule has 2 N–H and O–H groups in total. The van der Waals surface area contributed by atoms with Gasteiger partial charge in [0.05, 0.1) is 34.8 Å². The summed E-state index contributed by atoms with van der Waals surface area (Å²) in [6, 6.07) is 25.8. The second-order valence-electron chi connectivity index (χ2n) is 16.5. The van der Waals surface area contributed by atoms with Gasteiger partial charge in [-0.15, -0.1) is 6.58 Å². The molecule has 4 aromatic rings. The monoisotopic (exact) mass is 872 g/mol. The number of carbonyl (C=O) groups is 1. The van der Waals surface area contributed by atoms with Crippen molar-refractivity contribution in [1.29, 1.82) is 5.26 Å². The van der Waals surface area contributed by atoms with Crippen molar-refractivity contribution in [2.75, 3.05) is 26.9 Å². The van der Waals surface area contributed by atoms with Crippen molar-refractivity contribution in [2.45, 2.75) is 75.9 Å². The van der Waals surface area contributed by atoms with Gasteiger partial charge in [0.1, 0.15) is 36.6 Å². The number of allylic oxidation sites excluding steroid dienone is 1. The Kier molecular flexibility index (Phi) is 14.9. The summed E-state index contributed by atoms with van der Waals surface area (Å²) in [6.45, 7) is 4.14. The van der Waals surface area contributed by atoms with Crippen molar-refractivity contribution in [2.24, 2.45) is 22.9 Å².